The van der Waals surface area contributed by atoms with Gasteiger partial charge in [0.1, 0.15) is 4.21 Å². The predicted octanol–water partition coefficient (Wildman–Crippen LogP) is 0.595. The molecule has 0 radical (unpaired) electrons. The van der Waals surface area contributed by atoms with E-state index in [9.17, 15) is 16.8 Å². The lowest BCUT2D eigenvalue weighted by atomic mass is 10.0. The third-order valence-corrected chi connectivity index (χ3v) is 7.33. The number of hydrogen-bond donors (Lipinski definition) is 2. The molecule has 21 heavy (non-hydrogen) atoms. The first-order chi connectivity index (χ1) is 9.68. The Morgan fingerprint density at radius 2 is 2.10 bits per heavy atom. The van der Waals surface area contributed by atoms with Crippen LogP contribution in [-0.2, 0) is 20.2 Å². The number of rotatable bonds is 5. The van der Waals surface area contributed by atoms with Gasteiger partial charge in [0, 0.05) is 19.6 Å². The summed E-state index contributed by atoms with van der Waals surface area (Å²) in [5.74, 6) is -0.0951. The largest absolute Gasteiger partial charge is 0.274 e. The molecule has 7 nitrogen and oxygen atoms in total. The number of nitrogens with two attached hydrogens (primary N) is 1. The molecule has 1 aliphatic heterocycles. The second-order valence-corrected chi connectivity index (χ2v) is 10.1. The molecule has 0 bridgehead atoms. The lowest BCUT2D eigenvalue weighted by Crippen LogP contribution is -2.44. The Hall–Kier alpha value is -0.230. The standard InChI is InChI=1S/C10H16ClN3O4S3/c11-9-3-4-10(19-9)20(15,16)14-5-1-2-8(7-14)6-13-21(12,17)18/h3-4,8,13H,1-2,5-7H2,(H2,12,17,18). The summed E-state index contributed by atoms with van der Waals surface area (Å²) in [5.41, 5.74) is 0. The summed E-state index contributed by atoms with van der Waals surface area (Å²) in [7, 11) is -7.33. The Morgan fingerprint density at radius 1 is 1.38 bits per heavy atom. The van der Waals surface area contributed by atoms with Crippen LogP contribution >= 0.6 is 22.9 Å². The monoisotopic (exact) mass is 373 g/mol. The molecule has 2 rings (SSSR count). The molecule has 1 fully saturated rings. The Labute approximate surface area is 133 Å². The van der Waals surface area contributed by atoms with Crippen molar-refractivity contribution in [2.45, 2.75) is 17.1 Å². The number of nitrogens with zero attached hydrogens (tertiary/aromatic N) is 1. The molecule has 0 amide bonds. The van der Waals surface area contributed by atoms with Gasteiger partial charge < -0.3 is 0 Å². The number of hydrogen-bond acceptors (Lipinski definition) is 5. The average Bonchev–Trinajstić information content (AvgIpc) is 2.83. The minimum atomic E-state index is -3.76. The zero-order valence-corrected chi connectivity index (χ0v) is 14.2. The smallest absolute Gasteiger partial charge is 0.216 e. The number of halogens is 1. The maximum atomic E-state index is 12.5. The third kappa shape index (κ3) is 4.62. The summed E-state index contributed by atoms with van der Waals surface area (Å²) in [4.78, 5) is 0. The Balaban J connectivity index is 2.07. The van der Waals surface area contributed by atoms with Crippen molar-refractivity contribution < 1.29 is 16.8 Å². The summed E-state index contributed by atoms with van der Waals surface area (Å²) >= 11 is 6.79. The maximum absolute atomic E-state index is 12.5. The molecular formula is C10H16ClN3O4S3. The maximum Gasteiger partial charge on any atom is 0.274 e. The number of nitrogens with one attached hydrogen (secondary N) is 1. The minimum Gasteiger partial charge on any atom is -0.216 e. The van der Waals surface area contributed by atoms with E-state index in [0.29, 0.717) is 17.3 Å². The highest BCUT2D eigenvalue weighted by molar-refractivity contribution is 7.91. The Kier molecular flexibility index (Phi) is 5.29. The third-order valence-electron chi connectivity index (χ3n) is 3.20. The van der Waals surface area contributed by atoms with Gasteiger partial charge in [-0.05, 0) is 30.9 Å². The average molecular weight is 374 g/mol. The van der Waals surface area contributed by atoms with Crippen LogP contribution in [0.2, 0.25) is 4.34 Å². The first-order valence-corrected chi connectivity index (χ1v) is 10.4. The first-order valence-electron chi connectivity index (χ1n) is 6.21. The van der Waals surface area contributed by atoms with E-state index in [1.165, 1.54) is 10.4 Å². The van der Waals surface area contributed by atoms with Gasteiger partial charge in [-0.1, -0.05) is 11.6 Å². The molecule has 1 aromatic rings. The zero-order chi connectivity index (χ0) is 15.7. The van der Waals surface area contributed by atoms with Crippen molar-refractivity contribution in [3.05, 3.63) is 16.5 Å². The lowest BCUT2D eigenvalue weighted by Gasteiger charge is -2.31. The fraction of sp³-hybridized carbons (Fsp3) is 0.600. The number of thiophene rings is 1. The molecule has 1 aromatic heterocycles. The fourth-order valence-corrected chi connectivity index (χ4v) is 5.87. The van der Waals surface area contributed by atoms with Crippen LogP contribution in [0.5, 0.6) is 0 Å². The van der Waals surface area contributed by atoms with Gasteiger partial charge in [0.2, 0.25) is 0 Å². The van der Waals surface area contributed by atoms with E-state index in [0.717, 1.165) is 17.8 Å². The predicted molar refractivity (Wildman–Crippen MR) is 81.9 cm³/mol. The lowest BCUT2D eigenvalue weighted by molar-refractivity contribution is 0.267. The van der Waals surface area contributed by atoms with Crippen molar-refractivity contribution in [2.24, 2.45) is 11.1 Å². The summed E-state index contributed by atoms with van der Waals surface area (Å²) in [6.45, 7) is 0.820. The SMILES string of the molecule is NS(=O)(=O)NCC1CCCN(S(=O)(=O)c2ccc(Cl)s2)C1. The topological polar surface area (TPSA) is 110 Å². The number of piperidine rings is 1. The molecule has 2 heterocycles. The first kappa shape index (κ1) is 17.1. The highest BCUT2D eigenvalue weighted by Crippen LogP contribution is 2.30. The van der Waals surface area contributed by atoms with Gasteiger partial charge in [-0.25, -0.2) is 18.3 Å². The molecule has 1 atom stereocenters. The highest BCUT2D eigenvalue weighted by atomic mass is 35.5. The Morgan fingerprint density at radius 3 is 2.67 bits per heavy atom. The quantitative estimate of drug-likeness (QED) is 0.787. The van der Waals surface area contributed by atoms with E-state index in [2.05, 4.69) is 4.72 Å². The van der Waals surface area contributed by atoms with Gasteiger partial charge in [0.05, 0.1) is 4.34 Å². The van der Waals surface area contributed by atoms with Crippen LogP contribution in [0.3, 0.4) is 0 Å². The van der Waals surface area contributed by atoms with Gasteiger partial charge in [-0.2, -0.15) is 12.7 Å². The summed E-state index contributed by atoms with van der Waals surface area (Å²) < 4.78 is 50.9. The second-order valence-electron chi connectivity index (χ2n) is 4.82. The van der Waals surface area contributed by atoms with Crippen molar-refractivity contribution >= 4 is 43.2 Å². The summed E-state index contributed by atoms with van der Waals surface area (Å²) in [6, 6.07) is 3.03. The van der Waals surface area contributed by atoms with Gasteiger partial charge in [-0.3, -0.25) is 0 Å². The van der Waals surface area contributed by atoms with Crippen molar-refractivity contribution in [3.8, 4) is 0 Å². The highest BCUT2D eigenvalue weighted by Gasteiger charge is 2.31. The second kappa shape index (κ2) is 6.49. The van der Waals surface area contributed by atoms with Crippen LogP contribution in [0.4, 0.5) is 0 Å². The molecule has 0 aliphatic carbocycles. The van der Waals surface area contributed by atoms with Crippen LogP contribution < -0.4 is 9.86 Å². The van der Waals surface area contributed by atoms with Crippen molar-refractivity contribution in [1.29, 1.82) is 0 Å². The molecule has 1 saturated heterocycles. The van der Waals surface area contributed by atoms with E-state index in [1.807, 2.05) is 0 Å². The molecule has 0 spiro atoms. The molecule has 0 saturated carbocycles. The molecule has 1 unspecified atom stereocenters. The molecule has 11 heteroatoms. The molecule has 0 aromatic carbocycles. The van der Waals surface area contributed by atoms with Crippen molar-refractivity contribution in [3.63, 3.8) is 0 Å². The van der Waals surface area contributed by atoms with E-state index in [1.54, 1.807) is 6.07 Å². The fourth-order valence-electron chi connectivity index (χ4n) is 2.21. The molecule has 3 N–H and O–H groups in total. The van der Waals surface area contributed by atoms with Crippen molar-refractivity contribution in [1.82, 2.24) is 9.03 Å². The van der Waals surface area contributed by atoms with Crippen LogP contribution in [0.25, 0.3) is 0 Å². The van der Waals surface area contributed by atoms with E-state index >= 15 is 0 Å². The van der Waals surface area contributed by atoms with Crippen LogP contribution in [0.15, 0.2) is 16.3 Å². The van der Waals surface area contributed by atoms with Crippen molar-refractivity contribution in [2.75, 3.05) is 19.6 Å². The van der Waals surface area contributed by atoms with Gasteiger partial charge in [-0.15, -0.1) is 11.3 Å². The number of sulfonamides is 1. The van der Waals surface area contributed by atoms with Crippen LogP contribution in [0, 0.1) is 5.92 Å². The van der Waals surface area contributed by atoms with Gasteiger partial charge in [0.15, 0.2) is 0 Å². The molecular weight excluding hydrogens is 358 g/mol. The van der Waals surface area contributed by atoms with Crippen LogP contribution in [-0.4, -0.2) is 40.8 Å². The van der Waals surface area contributed by atoms with E-state index < -0.39 is 20.2 Å². The normalized spacial score (nSPS) is 21.5. The van der Waals surface area contributed by atoms with Crippen LogP contribution in [0.1, 0.15) is 12.8 Å². The van der Waals surface area contributed by atoms with E-state index in [4.69, 9.17) is 16.7 Å². The summed E-state index contributed by atoms with van der Waals surface area (Å²) in [6.07, 6.45) is 1.43. The Bertz CT molecular complexity index is 701. The molecule has 120 valence electrons. The molecule has 1 aliphatic rings. The van der Waals surface area contributed by atoms with E-state index in [-0.39, 0.29) is 23.2 Å². The zero-order valence-electron chi connectivity index (χ0n) is 11.0. The van der Waals surface area contributed by atoms with Gasteiger partial charge in [0.25, 0.3) is 20.2 Å². The van der Waals surface area contributed by atoms with Gasteiger partial charge >= 0.3 is 0 Å². The minimum absolute atomic E-state index is 0.0951. The summed E-state index contributed by atoms with van der Waals surface area (Å²) in [5, 5.41) is 4.88.